The summed E-state index contributed by atoms with van der Waals surface area (Å²) in [7, 11) is 0. The molecule has 7 heteroatoms. The number of likely N-dealkylation sites (tertiary alicyclic amines) is 1. The van der Waals surface area contributed by atoms with Crippen molar-refractivity contribution < 1.29 is 4.79 Å². The van der Waals surface area contributed by atoms with E-state index in [9.17, 15) is 4.79 Å². The number of aryl methyl sites for hydroxylation is 1. The molecule has 0 spiro atoms. The van der Waals surface area contributed by atoms with E-state index in [1.54, 1.807) is 0 Å². The second kappa shape index (κ2) is 5.77. The van der Waals surface area contributed by atoms with Crippen LogP contribution in [-0.2, 0) is 17.9 Å². The zero-order chi connectivity index (χ0) is 18.8. The van der Waals surface area contributed by atoms with E-state index < -0.39 is 0 Å². The average molecular weight is 374 g/mol. The van der Waals surface area contributed by atoms with E-state index in [1.807, 2.05) is 22.8 Å². The minimum Gasteiger partial charge on any atom is -0.335 e. The first kappa shape index (κ1) is 16.0. The highest BCUT2D eigenvalue weighted by Gasteiger charge is 2.29. The van der Waals surface area contributed by atoms with Gasteiger partial charge >= 0.3 is 0 Å². The van der Waals surface area contributed by atoms with Gasteiger partial charge in [-0.2, -0.15) is 5.10 Å². The molecule has 2 fully saturated rings. The zero-order valence-electron chi connectivity index (χ0n) is 15.9. The number of aromatic nitrogens is 5. The van der Waals surface area contributed by atoms with Gasteiger partial charge in [0.15, 0.2) is 11.6 Å². The lowest BCUT2D eigenvalue weighted by atomic mass is 10.0. The topological polar surface area (TPSA) is 68.8 Å². The second-order valence-corrected chi connectivity index (χ2v) is 8.13. The van der Waals surface area contributed by atoms with Crippen molar-refractivity contribution in [2.45, 2.75) is 51.6 Å². The first-order valence-corrected chi connectivity index (χ1v) is 10.1. The Morgan fingerprint density at radius 2 is 2.14 bits per heavy atom. The SMILES string of the molecule is Cc1ncn2c1Cn1nc(CN3CCCC3=O)nc1-c1cc(C3CC3)ccc1-2. The molecule has 2 aliphatic heterocycles. The van der Waals surface area contributed by atoms with Crippen LogP contribution in [0.1, 0.15) is 54.4 Å². The highest BCUT2D eigenvalue weighted by molar-refractivity contribution is 5.78. The summed E-state index contributed by atoms with van der Waals surface area (Å²) < 4.78 is 4.15. The molecule has 0 unspecified atom stereocenters. The van der Waals surface area contributed by atoms with Crippen molar-refractivity contribution in [3.05, 3.63) is 47.3 Å². The Bertz CT molecular complexity index is 1110. The number of hydrogen-bond donors (Lipinski definition) is 0. The molecule has 1 aromatic carbocycles. The van der Waals surface area contributed by atoms with Gasteiger partial charge in [0, 0.05) is 18.5 Å². The van der Waals surface area contributed by atoms with Crippen LogP contribution < -0.4 is 0 Å². The molecule has 0 atom stereocenters. The monoisotopic (exact) mass is 374 g/mol. The Labute approximate surface area is 163 Å². The van der Waals surface area contributed by atoms with Gasteiger partial charge in [0.2, 0.25) is 5.91 Å². The Morgan fingerprint density at radius 1 is 1.25 bits per heavy atom. The van der Waals surface area contributed by atoms with Gasteiger partial charge in [0.25, 0.3) is 0 Å². The molecule has 0 radical (unpaired) electrons. The first-order chi connectivity index (χ1) is 13.7. The third-order valence-corrected chi connectivity index (χ3v) is 6.16. The summed E-state index contributed by atoms with van der Waals surface area (Å²) in [5.74, 6) is 2.49. The van der Waals surface area contributed by atoms with Crippen LogP contribution in [-0.4, -0.2) is 41.7 Å². The lowest BCUT2D eigenvalue weighted by molar-refractivity contribution is -0.128. The minimum absolute atomic E-state index is 0.204. The lowest BCUT2D eigenvalue weighted by Crippen LogP contribution is -2.24. The third-order valence-electron chi connectivity index (χ3n) is 6.16. The number of nitrogens with zero attached hydrogens (tertiary/aromatic N) is 6. The molecule has 0 bridgehead atoms. The molecule has 0 N–H and O–H groups in total. The highest BCUT2D eigenvalue weighted by atomic mass is 16.2. The largest absolute Gasteiger partial charge is 0.335 e. The fraction of sp³-hybridized carbons (Fsp3) is 0.429. The zero-order valence-corrected chi connectivity index (χ0v) is 15.9. The van der Waals surface area contributed by atoms with Gasteiger partial charge < -0.3 is 9.47 Å². The molecule has 142 valence electrons. The number of carbonyl (C=O) groups excluding carboxylic acids is 1. The van der Waals surface area contributed by atoms with Crippen molar-refractivity contribution in [3.63, 3.8) is 0 Å². The van der Waals surface area contributed by atoms with Gasteiger partial charge in [0.1, 0.15) is 0 Å². The van der Waals surface area contributed by atoms with Crippen molar-refractivity contribution in [1.29, 1.82) is 0 Å². The van der Waals surface area contributed by atoms with E-state index in [2.05, 4.69) is 27.8 Å². The van der Waals surface area contributed by atoms with Gasteiger partial charge in [-0.15, -0.1) is 0 Å². The van der Waals surface area contributed by atoms with Crippen molar-refractivity contribution in [3.8, 4) is 17.1 Å². The molecular formula is C21H22N6O. The maximum atomic E-state index is 12.0. The number of hydrogen-bond acceptors (Lipinski definition) is 4. The van der Waals surface area contributed by atoms with E-state index in [0.29, 0.717) is 25.4 Å². The van der Waals surface area contributed by atoms with Crippen LogP contribution >= 0.6 is 0 Å². The predicted molar refractivity (Wildman–Crippen MR) is 103 cm³/mol. The maximum absolute atomic E-state index is 12.0. The van der Waals surface area contributed by atoms with Crippen LogP contribution in [0.2, 0.25) is 0 Å². The summed E-state index contributed by atoms with van der Waals surface area (Å²) in [5, 5.41) is 4.79. The van der Waals surface area contributed by atoms with Gasteiger partial charge in [-0.25, -0.2) is 14.6 Å². The van der Waals surface area contributed by atoms with Crippen LogP contribution in [0.3, 0.4) is 0 Å². The number of amides is 1. The molecule has 4 heterocycles. The molecule has 1 aliphatic carbocycles. The number of rotatable bonds is 3. The first-order valence-electron chi connectivity index (χ1n) is 10.1. The summed E-state index contributed by atoms with van der Waals surface area (Å²) >= 11 is 0. The number of imidazole rings is 1. The number of carbonyl (C=O) groups is 1. The Hall–Kier alpha value is -2.96. The van der Waals surface area contributed by atoms with Crippen LogP contribution in [0.5, 0.6) is 0 Å². The maximum Gasteiger partial charge on any atom is 0.223 e. The second-order valence-electron chi connectivity index (χ2n) is 8.13. The van der Waals surface area contributed by atoms with Crippen LogP contribution in [0.4, 0.5) is 0 Å². The molecule has 1 saturated heterocycles. The summed E-state index contributed by atoms with van der Waals surface area (Å²) in [4.78, 5) is 23.3. The third kappa shape index (κ3) is 2.42. The van der Waals surface area contributed by atoms with E-state index >= 15 is 0 Å². The van der Waals surface area contributed by atoms with Gasteiger partial charge in [-0.1, -0.05) is 6.07 Å². The molecule has 7 nitrogen and oxygen atoms in total. The molecule has 3 aliphatic rings. The molecular weight excluding hydrogens is 352 g/mol. The van der Waals surface area contributed by atoms with Gasteiger partial charge in [-0.05, 0) is 49.8 Å². The summed E-state index contributed by atoms with van der Waals surface area (Å²) in [6, 6.07) is 6.72. The Morgan fingerprint density at radius 3 is 2.93 bits per heavy atom. The molecule has 28 heavy (non-hydrogen) atoms. The summed E-state index contributed by atoms with van der Waals surface area (Å²) in [5.41, 5.74) is 5.73. The molecule has 6 rings (SSSR count). The van der Waals surface area contributed by atoms with E-state index in [-0.39, 0.29) is 5.91 Å². The quantitative estimate of drug-likeness (QED) is 0.553. The van der Waals surface area contributed by atoms with Crippen molar-refractivity contribution in [1.82, 2.24) is 29.2 Å². The van der Waals surface area contributed by atoms with Crippen LogP contribution in [0.25, 0.3) is 17.1 Å². The Balaban J connectivity index is 1.49. The average Bonchev–Trinajstić information content (AvgIpc) is 3.26. The molecule has 2 aromatic heterocycles. The highest BCUT2D eigenvalue weighted by Crippen LogP contribution is 2.43. The normalized spacial score (nSPS) is 18.0. The van der Waals surface area contributed by atoms with Crippen molar-refractivity contribution in [2.24, 2.45) is 0 Å². The smallest absolute Gasteiger partial charge is 0.223 e. The van der Waals surface area contributed by atoms with E-state index in [4.69, 9.17) is 10.1 Å². The van der Waals surface area contributed by atoms with E-state index in [1.165, 1.54) is 18.4 Å². The molecule has 1 amide bonds. The van der Waals surface area contributed by atoms with E-state index in [0.717, 1.165) is 47.3 Å². The fourth-order valence-electron chi connectivity index (χ4n) is 4.42. The number of fused-ring (bicyclic) bond motifs is 5. The Kier molecular flexibility index (Phi) is 3.30. The van der Waals surface area contributed by atoms with Crippen molar-refractivity contribution in [2.75, 3.05) is 6.54 Å². The van der Waals surface area contributed by atoms with Crippen LogP contribution in [0, 0.1) is 6.92 Å². The molecule has 3 aromatic rings. The predicted octanol–water partition coefficient (Wildman–Crippen LogP) is 2.80. The number of benzene rings is 1. The lowest BCUT2D eigenvalue weighted by Gasteiger charge is -2.12. The summed E-state index contributed by atoms with van der Waals surface area (Å²) in [6.45, 7) is 3.97. The standard InChI is InChI=1S/C21H22N6O/c1-13-18-10-27-21(23-19(24-27)11-25-8-2-3-20(25)28)16-9-15(14-4-5-14)6-7-17(16)26(18)12-22-13/h6-7,9,12,14H,2-5,8,10-11H2,1H3. The molecule has 1 saturated carbocycles. The van der Waals surface area contributed by atoms with Gasteiger partial charge in [0.05, 0.1) is 36.5 Å². The fourth-order valence-corrected chi connectivity index (χ4v) is 4.42. The van der Waals surface area contributed by atoms with Gasteiger partial charge in [-0.3, -0.25) is 4.79 Å². The summed E-state index contributed by atoms with van der Waals surface area (Å²) in [6.07, 6.45) is 6.00. The van der Waals surface area contributed by atoms with Crippen LogP contribution in [0.15, 0.2) is 24.5 Å². The minimum atomic E-state index is 0.204. The van der Waals surface area contributed by atoms with Crippen molar-refractivity contribution >= 4 is 5.91 Å².